The Kier molecular flexibility index (Phi) is 4.39. The Morgan fingerprint density at radius 1 is 1.00 bits per heavy atom. The summed E-state index contributed by atoms with van der Waals surface area (Å²) in [5, 5.41) is 0. The van der Waals surface area contributed by atoms with Crippen molar-refractivity contribution in [3.05, 3.63) is 59.4 Å². The largest absolute Gasteiger partial charge is 0.491 e. The van der Waals surface area contributed by atoms with Gasteiger partial charge < -0.3 is 9.47 Å². The molecule has 0 atom stereocenters. The summed E-state index contributed by atoms with van der Waals surface area (Å²) in [7, 11) is 0. The van der Waals surface area contributed by atoms with Crippen LogP contribution in [-0.4, -0.2) is 6.61 Å². The van der Waals surface area contributed by atoms with Gasteiger partial charge in [-0.3, -0.25) is 0 Å². The summed E-state index contributed by atoms with van der Waals surface area (Å²) in [5.74, 6) is 0.0590. The van der Waals surface area contributed by atoms with Crippen LogP contribution in [0.4, 0.5) is 4.39 Å². The Morgan fingerprint density at radius 3 is 2.42 bits per heavy atom. The molecule has 0 aliphatic rings. The molecule has 0 unspecified atom stereocenters. The number of halogens is 1. The van der Waals surface area contributed by atoms with Crippen LogP contribution < -0.4 is 9.47 Å². The molecule has 0 bridgehead atoms. The summed E-state index contributed by atoms with van der Waals surface area (Å²) in [6, 6.07) is 13.1. The van der Waals surface area contributed by atoms with Gasteiger partial charge in [-0.1, -0.05) is 36.4 Å². The first-order valence-corrected chi connectivity index (χ1v) is 6.31. The number of aryl methyl sites for hydroxylation is 1. The van der Waals surface area contributed by atoms with Crippen molar-refractivity contribution in [3.63, 3.8) is 0 Å². The standard InChI is InChI=1S/C16H17FO2/c1-3-18-14-10-9-12(2)16(15(14)17)19-11-13-7-5-4-6-8-13/h4-10H,3,11H2,1-2H3. The maximum Gasteiger partial charge on any atom is 0.207 e. The van der Waals surface area contributed by atoms with E-state index in [0.717, 1.165) is 11.1 Å². The summed E-state index contributed by atoms with van der Waals surface area (Å²) in [6.45, 7) is 4.41. The second kappa shape index (κ2) is 6.23. The summed E-state index contributed by atoms with van der Waals surface area (Å²) < 4.78 is 25.0. The molecule has 0 aliphatic carbocycles. The Morgan fingerprint density at radius 2 is 1.74 bits per heavy atom. The van der Waals surface area contributed by atoms with E-state index in [1.165, 1.54) is 0 Å². The topological polar surface area (TPSA) is 18.5 Å². The van der Waals surface area contributed by atoms with Crippen molar-refractivity contribution in [2.24, 2.45) is 0 Å². The minimum atomic E-state index is -0.433. The highest BCUT2D eigenvalue weighted by atomic mass is 19.1. The van der Waals surface area contributed by atoms with Crippen LogP contribution in [0.15, 0.2) is 42.5 Å². The zero-order chi connectivity index (χ0) is 13.7. The molecule has 0 spiro atoms. The van der Waals surface area contributed by atoms with Gasteiger partial charge in [0.25, 0.3) is 0 Å². The van der Waals surface area contributed by atoms with Crippen molar-refractivity contribution in [1.82, 2.24) is 0 Å². The molecule has 0 radical (unpaired) electrons. The monoisotopic (exact) mass is 260 g/mol. The zero-order valence-corrected chi connectivity index (χ0v) is 11.2. The van der Waals surface area contributed by atoms with Crippen molar-refractivity contribution in [2.45, 2.75) is 20.5 Å². The first kappa shape index (κ1) is 13.4. The van der Waals surface area contributed by atoms with Gasteiger partial charge in [-0.15, -0.1) is 0 Å². The zero-order valence-electron chi connectivity index (χ0n) is 11.2. The maximum atomic E-state index is 14.2. The fourth-order valence-corrected chi connectivity index (χ4v) is 1.81. The third kappa shape index (κ3) is 3.25. The van der Waals surface area contributed by atoms with Crippen molar-refractivity contribution in [2.75, 3.05) is 6.61 Å². The van der Waals surface area contributed by atoms with Gasteiger partial charge in [0.1, 0.15) is 6.61 Å². The summed E-state index contributed by atoms with van der Waals surface area (Å²) in [4.78, 5) is 0. The van der Waals surface area contributed by atoms with Crippen molar-refractivity contribution >= 4 is 0 Å². The van der Waals surface area contributed by atoms with E-state index >= 15 is 0 Å². The lowest BCUT2D eigenvalue weighted by molar-refractivity contribution is 0.272. The Bertz CT molecular complexity index is 538. The van der Waals surface area contributed by atoms with Crippen LogP contribution in [0.1, 0.15) is 18.1 Å². The van der Waals surface area contributed by atoms with Crippen LogP contribution in [0.3, 0.4) is 0 Å². The molecule has 2 nitrogen and oxygen atoms in total. The lowest BCUT2D eigenvalue weighted by atomic mass is 10.2. The van der Waals surface area contributed by atoms with E-state index in [0.29, 0.717) is 13.2 Å². The molecular formula is C16H17FO2. The average Bonchev–Trinajstić information content (AvgIpc) is 2.43. The van der Waals surface area contributed by atoms with E-state index in [9.17, 15) is 4.39 Å². The van der Waals surface area contributed by atoms with Gasteiger partial charge in [0.05, 0.1) is 6.61 Å². The van der Waals surface area contributed by atoms with Gasteiger partial charge in [0.15, 0.2) is 11.5 Å². The number of rotatable bonds is 5. The molecule has 0 amide bonds. The van der Waals surface area contributed by atoms with Crippen molar-refractivity contribution in [1.29, 1.82) is 0 Å². The normalized spacial score (nSPS) is 10.3. The minimum absolute atomic E-state index is 0.233. The lowest BCUT2D eigenvalue weighted by Crippen LogP contribution is -2.02. The molecule has 0 aromatic heterocycles. The highest BCUT2D eigenvalue weighted by Gasteiger charge is 2.13. The first-order chi connectivity index (χ1) is 9.22. The fraction of sp³-hybridized carbons (Fsp3) is 0.250. The average molecular weight is 260 g/mol. The molecule has 0 saturated heterocycles. The molecule has 2 rings (SSSR count). The SMILES string of the molecule is CCOc1ccc(C)c(OCc2ccccc2)c1F. The van der Waals surface area contributed by atoms with E-state index in [1.54, 1.807) is 12.1 Å². The molecule has 0 heterocycles. The van der Waals surface area contributed by atoms with Crippen molar-refractivity contribution in [3.8, 4) is 11.5 Å². The number of ether oxygens (including phenoxy) is 2. The molecule has 100 valence electrons. The molecule has 2 aromatic carbocycles. The molecule has 0 N–H and O–H groups in total. The van der Waals surface area contributed by atoms with Gasteiger partial charge in [-0.2, -0.15) is 4.39 Å². The quantitative estimate of drug-likeness (QED) is 0.805. The molecule has 2 aromatic rings. The summed E-state index contributed by atoms with van der Waals surface area (Å²) in [5.41, 5.74) is 1.76. The van der Waals surface area contributed by atoms with Gasteiger partial charge in [0.2, 0.25) is 5.82 Å². The maximum absolute atomic E-state index is 14.2. The highest BCUT2D eigenvalue weighted by molar-refractivity contribution is 5.42. The van der Waals surface area contributed by atoms with E-state index < -0.39 is 5.82 Å². The van der Waals surface area contributed by atoms with Crippen LogP contribution >= 0.6 is 0 Å². The second-order valence-electron chi connectivity index (χ2n) is 4.23. The third-order valence-electron chi connectivity index (χ3n) is 2.78. The minimum Gasteiger partial charge on any atom is -0.491 e. The van der Waals surface area contributed by atoms with E-state index in [2.05, 4.69) is 0 Å². The van der Waals surface area contributed by atoms with Crippen LogP contribution in [0.25, 0.3) is 0 Å². The highest BCUT2D eigenvalue weighted by Crippen LogP contribution is 2.30. The Labute approximate surface area is 112 Å². The smallest absolute Gasteiger partial charge is 0.207 e. The van der Waals surface area contributed by atoms with Crippen LogP contribution in [0.5, 0.6) is 11.5 Å². The summed E-state index contributed by atoms with van der Waals surface area (Å²) in [6.07, 6.45) is 0. The molecular weight excluding hydrogens is 243 g/mol. The Balaban J connectivity index is 2.17. The molecule has 0 saturated carbocycles. The second-order valence-corrected chi connectivity index (χ2v) is 4.23. The molecule has 0 fully saturated rings. The van der Waals surface area contributed by atoms with Crippen LogP contribution in [0, 0.1) is 12.7 Å². The predicted octanol–water partition coefficient (Wildman–Crippen LogP) is 4.11. The van der Waals surface area contributed by atoms with Crippen LogP contribution in [-0.2, 0) is 6.61 Å². The third-order valence-corrected chi connectivity index (χ3v) is 2.78. The van der Waals surface area contributed by atoms with Gasteiger partial charge in [-0.05, 0) is 31.0 Å². The van der Waals surface area contributed by atoms with Crippen LogP contribution in [0.2, 0.25) is 0 Å². The Hall–Kier alpha value is -2.03. The van der Waals surface area contributed by atoms with E-state index in [-0.39, 0.29) is 11.5 Å². The van der Waals surface area contributed by atoms with E-state index in [4.69, 9.17) is 9.47 Å². The number of hydrogen-bond donors (Lipinski definition) is 0. The first-order valence-electron chi connectivity index (χ1n) is 6.31. The van der Waals surface area contributed by atoms with Gasteiger partial charge in [-0.25, -0.2) is 0 Å². The van der Waals surface area contributed by atoms with Crippen molar-refractivity contribution < 1.29 is 13.9 Å². The lowest BCUT2D eigenvalue weighted by Gasteiger charge is -2.13. The number of benzene rings is 2. The molecule has 3 heteroatoms. The fourth-order valence-electron chi connectivity index (χ4n) is 1.81. The van der Waals surface area contributed by atoms with Gasteiger partial charge >= 0.3 is 0 Å². The van der Waals surface area contributed by atoms with Gasteiger partial charge in [0, 0.05) is 0 Å². The van der Waals surface area contributed by atoms with E-state index in [1.807, 2.05) is 44.2 Å². The molecule has 0 aliphatic heterocycles. The number of hydrogen-bond acceptors (Lipinski definition) is 2. The predicted molar refractivity (Wildman–Crippen MR) is 73.1 cm³/mol. The summed E-state index contributed by atoms with van der Waals surface area (Å²) >= 11 is 0. The molecule has 19 heavy (non-hydrogen) atoms.